The molecule has 2 amide bonds. The zero-order valence-corrected chi connectivity index (χ0v) is 11.5. The van der Waals surface area contributed by atoms with Crippen molar-refractivity contribution in [2.75, 3.05) is 11.9 Å². The molecule has 1 atom stereocenters. The van der Waals surface area contributed by atoms with E-state index in [1.807, 2.05) is 0 Å². The monoisotopic (exact) mass is 265 g/mol. The van der Waals surface area contributed by atoms with Crippen LogP contribution >= 0.6 is 0 Å². The van der Waals surface area contributed by atoms with Gasteiger partial charge in [0.2, 0.25) is 0 Å². The number of hydrogen-bond acceptors (Lipinski definition) is 3. The fourth-order valence-electron chi connectivity index (χ4n) is 1.54. The Morgan fingerprint density at radius 3 is 2.47 bits per heavy atom. The molecule has 19 heavy (non-hydrogen) atoms. The van der Waals surface area contributed by atoms with Crippen LogP contribution in [0.4, 0.5) is 10.5 Å². The smallest absolute Gasteiger partial charge is 0.326 e. The third-order valence-electron chi connectivity index (χ3n) is 2.72. The van der Waals surface area contributed by atoms with Gasteiger partial charge < -0.3 is 10.4 Å². The van der Waals surface area contributed by atoms with Crippen molar-refractivity contribution in [3.63, 3.8) is 0 Å². The van der Waals surface area contributed by atoms with Crippen LogP contribution in [0.15, 0.2) is 24.5 Å². The molecule has 2 N–H and O–H groups in total. The lowest BCUT2D eigenvalue weighted by atomic mass is 9.87. The van der Waals surface area contributed by atoms with Crippen molar-refractivity contribution in [3.8, 4) is 0 Å². The van der Waals surface area contributed by atoms with Crippen molar-refractivity contribution in [2.24, 2.45) is 5.41 Å². The second kappa shape index (κ2) is 5.69. The van der Waals surface area contributed by atoms with Crippen LogP contribution in [0.1, 0.15) is 20.8 Å². The molecule has 0 aliphatic rings. The molecule has 0 spiro atoms. The molecule has 0 aromatic carbocycles. The molecule has 104 valence electrons. The van der Waals surface area contributed by atoms with Crippen LogP contribution in [0.3, 0.4) is 0 Å². The average molecular weight is 265 g/mol. The highest BCUT2D eigenvalue weighted by molar-refractivity contribution is 5.94. The molecular weight excluding hydrogens is 246 g/mol. The normalized spacial score (nSPS) is 12.6. The first kappa shape index (κ1) is 14.9. The second-order valence-corrected chi connectivity index (χ2v) is 5.36. The van der Waals surface area contributed by atoms with E-state index in [2.05, 4.69) is 10.3 Å². The summed E-state index contributed by atoms with van der Waals surface area (Å²) in [6.07, 6.45) is 3.14. The molecule has 1 heterocycles. The molecule has 0 fully saturated rings. The number of carboxylic acids is 1. The summed E-state index contributed by atoms with van der Waals surface area (Å²) < 4.78 is 0. The van der Waals surface area contributed by atoms with Gasteiger partial charge in [-0.15, -0.1) is 0 Å². The zero-order chi connectivity index (χ0) is 14.6. The maximum atomic E-state index is 12.0. The van der Waals surface area contributed by atoms with Gasteiger partial charge in [-0.2, -0.15) is 0 Å². The van der Waals surface area contributed by atoms with Crippen molar-refractivity contribution < 1.29 is 14.7 Å². The number of carbonyl (C=O) groups excluding carboxylic acids is 1. The number of nitrogens with one attached hydrogen (secondary N) is 1. The van der Waals surface area contributed by atoms with Crippen molar-refractivity contribution >= 4 is 17.7 Å². The van der Waals surface area contributed by atoms with Gasteiger partial charge >= 0.3 is 12.0 Å². The highest BCUT2D eigenvalue weighted by Crippen LogP contribution is 2.20. The van der Waals surface area contributed by atoms with E-state index in [0.29, 0.717) is 5.69 Å². The predicted octanol–water partition coefficient (Wildman–Crippen LogP) is 1.73. The van der Waals surface area contributed by atoms with Gasteiger partial charge in [-0.25, -0.2) is 9.59 Å². The molecular formula is C13H19N3O3. The van der Waals surface area contributed by atoms with Crippen LogP contribution in [0.25, 0.3) is 0 Å². The number of pyridine rings is 1. The molecule has 6 nitrogen and oxygen atoms in total. The largest absolute Gasteiger partial charge is 0.480 e. The minimum atomic E-state index is -1.06. The fourth-order valence-corrected chi connectivity index (χ4v) is 1.54. The highest BCUT2D eigenvalue weighted by atomic mass is 16.4. The first-order valence-electron chi connectivity index (χ1n) is 5.90. The molecule has 0 radical (unpaired) electrons. The molecule has 1 unspecified atom stereocenters. The minimum Gasteiger partial charge on any atom is -0.480 e. The number of nitrogens with zero attached hydrogens (tertiary/aromatic N) is 2. The topological polar surface area (TPSA) is 82.5 Å². The summed E-state index contributed by atoms with van der Waals surface area (Å²) in [5, 5.41) is 11.7. The summed E-state index contributed by atoms with van der Waals surface area (Å²) >= 11 is 0. The maximum absolute atomic E-state index is 12.0. The second-order valence-electron chi connectivity index (χ2n) is 5.36. The number of aliphatic carboxylic acids is 1. The van der Waals surface area contributed by atoms with E-state index in [1.165, 1.54) is 11.1 Å². The third kappa shape index (κ3) is 3.94. The number of rotatable bonds is 3. The Balaban J connectivity index is 2.81. The van der Waals surface area contributed by atoms with Gasteiger partial charge in [-0.1, -0.05) is 20.8 Å². The Morgan fingerprint density at radius 2 is 2.05 bits per heavy atom. The number of amides is 2. The molecule has 0 bridgehead atoms. The number of hydrogen-bond donors (Lipinski definition) is 2. The molecule has 6 heteroatoms. The molecule has 0 saturated heterocycles. The lowest BCUT2D eigenvalue weighted by Gasteiger charge is -2.29. The lowest BCUT2D eigenvalue weighted by molar-refractivity contribution is -0.141. The Morgan fingerprint density at radius 1 is 1.42 bits per heavy atom. The van der Waals surface area contributed by atoms with Gasteiger partial charge in [-0.3, -0.25) is 9.88 Å². The van der Waals surface area contributed by atoms with Gasteiger partial charge in [0.05, 0.1) is 11.9 Å². The Hall–Kier alpha value is -2.11. The quantitative estimate of drug-likeness (QED) is 0.871. The van der Waals surface area contributed by atoms with Crippen LogP contribution in [0, 0.1) is 5.41 Å². The van der Waals surface area contributed by atoms with Crippen LogP contribution in [-0.2, 0) is 4.79 Å². The molecule has 0 saturated carbocycles. The summed E-state index contributed by atoms with van der Waals surface area (Å²) in [7, 11) is 1.56. The van der Waals surface area contributed by atoms with Crippen LogP contribution in [0.5, 0.6) is 0 Å². The summed E-state index contributed by atoms with van der Waals surface area (Å²) in [6.45, 7) is 5.28. The van der Waals surface area contributed by atoms with Crippen LogP contribution in [-0.4, -0.2) is 35.2 Å². The van der Waals surface area contributed by atoms with Crippen molar-refractivity contribution in [2.45, 2.75) is 26.8 Å². The maximum Gasteiger partial charge on any atom is 0.326 e. The summed E-state index contributed by atoms with van der Waals surface area (Å²) in [6, 6.07) is 1.99. The van der Waals surface area contributed by atoms with E-state index in [4.69, 9.17) is 5.11 Å². The summed E-state index contributed by atoms with van der Waals surface area (Å²) in [5.74, 6) is -1.06. The lowest BCUT2D eigenvalue weighted by Crippen LogP contribution is -2.52. The summed E-state index contributed by atoms with van der Waals surface area (Å²) in [5.41, 5.74) is 0.0233. The number of anilines is 1. The standard InChI is InChI=1S/C13H19N3O3/c1-13(2,3)10(11(17)18)15-12(19)16(4)9-6-5-7-14-8-9/h5-8,10H,1-4H3,(H,15,19)(H,17,18). The zero-order valence-electron chi connectivity index (χ0n) is 11.5. The van der Waals surface area contributed by atoms with Crippen molar-refractivity contribution in [1.29, 1.82) is 0 Å². The minimum absolute atomic E-state index is 0.477. The number of carboxylic acid groups (broad SMARTS) is 1. The first-order chi connectivity index (χ1) is 8.73. The first-order valence-corrected chi connectivity index (χ1v) is 5.90. The molecule has 1 aromatic rings. The van der Waals surface area contributed by atoms with E-state index in [9.17, 15) is 9.59 Å². The third-order valence-corrected chi connectivity index (χ3v) is 2.72. The number of carbonyl (C=O) groups is 2. The van der Waals surface area contributed by atoms with E-state index in [-0.39, 0.29) is 0 Å². The Labute approximate surface area is 112 Å². The van der Waals surface area contributed by atoms with Crippen molar-refractivity contribution in [3.05, 3.63) is 24.5 Å². The number of aromatic nitrogens is 1. The van der Waals surface area contributed by atoms with Crippen LogP contribution in [0.2, 0.25) is 0 Å². The Bertz CT molecular complexity index is 454. The van der Waals surface area contributed by atoms with E-state index >= 15 is 0 Å². The number of urea groups is 1. The Kier molecular flexibility index (Phi) is 4.47. The van der Waals surface area contributed by atoms with Crippen LogP contribution < -0.4 is 10.2 Å². The van der Waals surface area contributed by atoms with E-state index in [1.54, 1.807) is 46.1 Å². The van der Waals surface area contributed by atoms with Crippen molar-refractivity contribution in [1.82, 2.24) is 10.3 Å². The van der Waals surface area contributed by atoms with E-state index in [0.717, 1.165) is 0 Å². The SMILES string of the molecule is CN(C(=O)NC(C(=O)O)C(C)(C)C)c1cccnc1. The molecule has 0 aliphatic carbocycles. The summed E-state index contributed by atoms with van der Waals surface area (Å²) in [4.78, 5) is 28.5. The highest BCUT2D eigenvalue weighted by Gasteiger charge is 2.33. The molecule has 0 aliphatic heterocycles. The van der Waals surface area contributed by atoms with Gasteiger partial charge in [0.1, 0.15) is 6.04 Å². The average Bonchev–Trinajstić information content (AvgIpc) is 2.34. The van der Waals surface area contributed by atoms with Gasteiger partial charge in [0.15, 0.2) is 0 Å². The fraction of sp³-hybridized carbons (Fsp3) is 0.462. The predicted molar refractivity (Wildman–Crippen MR) is 72.1 cm³/mol. The van der Waals surface area contributed by atoms with Gasteiger partial charge in [0, 0.05) is 13.2 Å². The van der Waals surface area contributed by atoms with Gasteiger partial charge in [0.25, 0.3) is 0 Å². The van der Waals surface area contributed by atoms with E-state index < -0.39 is 23.5 Å². The molecule has 1 rings (SSSR count). The molecule has 1 aromatic heterocycles. The van der Waals surface area contributed by atoms with Gasteiger partial charge in [-0.05, 0) is 17.5 Å².